The highest BCUT2D eigenvalue weighted by atomic mass is 35.5. The van der Waals surface area contributed by atoms with E-state index in [0.717, 1.165) is 0 Å². The van der Waals surface area contributed by atoms with Crippen LogP contribution in [0.5, 0.6) is 0 Å². The van der Waals surface area contributed by atoms with Crippen molar-refractivity contribution in [2.45, 2.75) is 4.90 Å². The lowest BCUT2D eigenvalue weighted by molar-refractivity contribution is 0.0791. The van der Waals surface area contributed by atoms with Crippen LogP contribution >= 0.6 is 11.6 Å². The van der Waals surface area contributed by atoms with Crippen molar-refractivity contribution in [1.29, 1.82) is 0 Å². The normalized spacial score (nSPS) is 11.0. The van der Waals surface area contributed by atoms with Crippen LogP contribution in [0.25, 0.3) is 0 Å². The second-order valence-electron chi connectivity index (χ2n) is 4.14. The van der Waals surface area contributed by atoms with Gasteiger partial charge in [-0.15, -0.1) is 13.2 Å². The zero-order valence-corrected chi connectivity index (χ0v) is 13.2. The highest BCUT2D eigenvalue weighted by Gasteiger charge is 2.20. The Labute approximate surface area is 130 Å². The van der Waals surface area contributed by atoms with Crippen LogP contribution in [0.1, 0.15) is 10.4 Å². The number of rotatable bonds is 7. The van der Waals surface area contributed by atoms with E-state index in [9.17, 15) is 13.2 Å². The van der Waals surface area contributed by atoms with Gasteiger partial charge in [-0.25, -0.2) is 13.1 Å². The zero-order valence-electron chi connectivity index (χ0n) is 11.7. The summed E-state index contributed by atoms with van der Waals surface area (Å²) in [5, 5.41) is 0.188. The first-order chi connectivity index (χ1) is 9.87. The minimum Gasteiger partial charge on any atom is -0.331 e. The van der Waals surface area contributed by atoms with Gasteiger partial charge < -0.3 is 4.90 Å². The van der Waals surface area contributed by atoms with Crippen molar-refractivity contribution in [1.82, 2.24) is 9.62 Å². The Morgan fingerprint density at radius 3 is 2.38 bits per heavy atom. The van der Waals surface area contributed by atoms with Gasteiger partial charge in [-0.05, 0) is 25.2 Å². The van der Waals surface area contributed by atoms with Gasteiger partial charge in [0.1, 0.15) is 0 Å². The summed E-state index contributed by atoms with van der Waals surface area (Å²) in [5.74, 6) is -0.382. The van der Waals surface area contributed by atoms with E-state index >= 15 is 0 Å². The summed E-state index contributed by atoms with van der Waals surface area (Å²) < 4.78 is 25.8. The molecule has 1 rings (SSSR count). The predicted molar refractivity (Wildman–Crippen MR) is 84.0 cm³/mol. The molecule has 7 heteroatoms. The van der Waals surface area contributed by atoms with Gasteiger partial charge in [-0.2, -0.15) is 0 Å². The number of amides is 1. The maximum Gasteiger partial charge on any atom is 0.255 e. The van der Waals surface area contributed by atoms with Gasteiger partial charge in [0.05, 0.1) is 15.5 Å². The number of carbonyl (C=O) groups is 1. The molecule has 0 aliphatic rings. The van der Waals surface area contributed by atoms with Gasteiger partial charge >= 0.3 is 0 Å². The topological polar surface area (TPSA) is 66.5 Å². The number of carbonyl (C=O) groups excluding carboxylic acids is 1. The van der Waals surface area contributed by atoms with Crippen LogP contribution in [-0.4, -0.2) is 39.4 Å². The summed E-state index contributed by atoms with van der Waals surface area (Å²) in [5.41, 5.74) is 0.122. The Balaban J connectivity index is 3.28. The summed E-state index contributed by atoms with van der Waals surface area (Å²) in [6.45, 7) is 7.79. The molecule has 0 radical (unpaired) electrons. The summed E-state index contributed by atoms with van der Waals surface area (Å²) in [6, 6.07) is 3.99. The van der Waals surface area contributed by atoms with E-state index in [1.165, 1.54) is 30.1 Å². The van der Waals surface area contributed by atoms with Crippen LogP contribution in [-0.2, 0) is 10.0 Å². The van der Waals surface area contributed by atoms with Crippen LogP contribution in [0, 0.1) is 0 Å². The van der Waals surface area contributed by atoms with Crippen molar-refractivity contribution >= 4 is 27.5 Å². The number of nitrogens with one attached hydrogen (secondary N) is 1. The molecule has 5 nitrogen and oxygen atoms in total. The molecule has 0 atom stereocenters. The second-order valence-corrected chi connectivity index (χ2v) is 6.43. The quantitative estimate of drug-likeness (QED) is 0.779. The van der Waals surface area contributed by atoms with Gasteiger partial charge in [-0.3, -0.25) is 4.79 Å². The summed E-state index contributed by atoms with van der Waals surface area (Å²) in [7, 11) is -2.34. The fourth-order valence-corrected chi connectivity index (χ4v) is 2.63. The third-order valence-electron chi connectivity index (χ3n) is 2.73. The molecule has 1 amide bonds. The van der Waals surface area contributed by atoms with Gasteiger partial charge in [-0.1, -0.05) is 23.8 Å². The molecule has 0 bridgehead atoms. The molecular weight excluding hydrogens is 312 g/mol. The number of nitrogens with zero attached hydrogens (tertiary/aromatic N) is 1. The van der Waals surface area contributed by atoms with Crippen molar-refractivity contribution in [3.8, 4) is 0 Å². The van der Waals surface area contributed by atoms with Gasteiger partial charge in [0.25, 0.3) is 5.91 Å². The molecule has 0 aliphatic heterocycles. The van der Waals surface area contributed by atoms with E-state index in [1.807, 2.05) is 0 Å². The van der Waals surface area contributed by atoms with Crippen molar-refractivity contribution in [2.24, 2.45) is 0 Å². The second kappa shape index (κ2) is 7.40. The molecule has 0 heterocycles. The minimum atomic E-state index is -3.64. The van der Waals surface area contributed by atoms with E-state index < -0.39 is 10.0 Å². The molecule has 1 aromatic carbocycles. The van der Waals surface area contributed by atoms with Crippen LogP contribution in [0.2, 0.25) is 5.02 Å². The number of halogens is 1. The fourth-order valence-electron chi connectivity index (χ4n) is 1.68. The number of hydrogen-bond donors (Lipinski definition) is 1. The number of benzene rings is 1. The van der Waals surface area contributed by atoms with E-state index in [-0.39, 0.29) is 21.4 Å². The van der Waals surface area contributed by atoms with Crippen LogP contribution in [0.4, 0.5) is 0 Å². The zero-order chi connectivity index (χ0) is 16.0. The lowest BCUT2D eigenvalue weighted by atomic mass is 10.2. The summed E-state index contributed by atoms with van der Waals surface area (Å²) >= 11 is 6.01. The third kappa shape index (κ3) is 4.17. The molecule has 0 unspecified atom stereocenters. The van der Waals surface area contributed by atoms with Crippen LogP contribution < -0.4 is 4.72 Å². The smallest absolute Gasteiger partial charge is 0.255 e. The molecule has 0 spiro atoms. The largest absolute Gasteiger partial charge is 0.331 e. The van der Waals surface area contributed by atoms with Gasteiger partial charge in [0.15, 0.2) is 0 Å². The third-order valence-corrected chi connectivity index (χ3v) is 4.48. The minimum absolute atomic E-state index is 0.0186. The molecular formula is C14H17ClN2O3S. The van der Waals surface area contributed by atoms with Crippen LogP contribution in [0.3, 0.4) is 0 Å². The summed E-state index contributed by atoms with van der Waals surface area (Å²) in [4.78, 5) is 13.9. The summed E-state index contributed by atoms with van der Waals surface area (Å²) in [6.07, 6.45) is 3.15. The Morgan fingerprint density at radius 2 is 1.90 bits per heavy atom. The molecule has 114 valence electrons. The SMILES string of the molecule is C=CCN(CC=C)C(=O)c1cc(S(=O)(=O)NC)ccc1Cl. The lowest BCUT2D eigenvalue weighted by Crippen LogP contribution is -2.31. The molecule has 1 aromatic rings. The predicted octanol–water partition coefficient (Wildman–Crippen LogP) is 2.06. The molecule has 0 fully saturated rings. The first-order valence-corrected chi connectivity index (χ1v) is 7.97. The first-order valence-electron chi connectivity index (χ1n) is 6.11. The molecule has 21 heavy (non-hydrogen) atoms. The highest BCUT2D eigenvalue weighted by Crippen LogP contribution is 2.22. The van der Waals surface area contributed by atoms with Crippen molar-refractivity contribution < 1.29 is 13.2 Å². The number of sulfonamides is 1. The van der Waals surface area contributed by atoms with Gasteiger partial charge in [0, 0.05) is 13.1 Å². The van der Waals surface area contributed by atoms with E-state index in [1.54, 1.807) is 12.2 Å². The van der Waals surface area contributed by atoms with Crippen LogP contribution in [0.15, 0.2) is 48.4 Å². The standard InChI is InChI=1S/C14H17ClN2O3S/c1-4-8-17(9-5-2)14(18)12-10-11(6-7-13(12)15)21(19,20)16-3/h4-7,10,16H,1-2,8-9H2,3H3. The van der Waals surface area contributed by atoms with Gasteiger partial charge in [0.2, 0.25) is 10.0 Å². The average molecular weight is 329 g/mol. The maximum atomic E-state index is 12.4. The molecule has 0 aliphatic carbocycles. The fraction of sp³-hybridized carbons (Fsp3) is 0.214. The van der Waals surface area contributed by atoms with Crippen molar-refractivity contribution in [3.05, 3.63) is 54.1 Å². The molecule has 0 saturated heterocycles. The average Bonchev–Trinajstić information content (AvgIpc) is 2.46. The maximum absolute atomic E-state index is 12.4. The molecule has 1 N–H and O–H groups in total. The van der Waals surface area contributed by atoms with E-state index in [4.69, 9.17) is 11.6 Å². The molecule has 0 aromatic heterocycles. The lowest BCUT2D eigenvalue weighted by Gasteiger charge is -2.20. The Kier molecular flexibility index (Phi) is 6.14. The monoisotopic (exact) mass is 328 g/mol. The molecule has 0 saturated carbocycles. The number of hydrogen-bond acceptors (Lipinski definition) is 3. The van der Waals surface area contributed by atoms with Crippen molar-refractivity contribution in [2.75, 3.05) is 20.1 Å². The van der Waals surface area contributed by atoms with Crippen molar-refractivity contribution in [3.63, 3.8) is 0 Å². The Morgan fingerprint density at radius 1 is 1.33 bits per heavy atom. The first kappa shape index (κ1) is 17.4. The Bertz CT molecular complexity index is 646. The Hall–Kier alpha value is -1.63. The highest BCUT2D eigenvalue weighted by molar-refractivity contribution is 7.89. The van der Waals surface area contributed by atoms with E-state index in [0.29, 0.717) is 13.1 Å². The van der Waals surface area contributed by atoms with E-state index in [2.05, 4.69) is 17.9 Å².